The summed E-state index contributed by atoms with van der Waals surface area (Å²) in [7, 11) is 2.04. The predicted molar refractivity (Wildman–Crippen MR) is 103 cm³/mol. The van der Waals surface area contributed by atoms with Gasteiger partial charge in [-0.15, -0.1) is 0 Å². The van der Waals surface area contributed by atoms with Gasteiger partial charge in [0.05, 0.1) is 5.52 Å². The Morgan fingerprint density at radius 2 is 1.67 bits per heavy atom. The number of anilines is 1. The molecule has 0 atom stereocenters. The van der Waals surface area contributed by atoms with Gasteiger partial charge in [0.1, 0.15) is 0 Å². The summed E-state index contributed by atoms with van der Waals surface area (Å²) in [5, 5.41) is 2.84. The maximum atomic E-state index is 13.0. The monoisotopic (exact) mass is 363 g/mol. The Bertz CT molecular complexity index is 974. The van der Waals surface area contributed by atoms with Crippen LogP contribution in [0.2, 0.25) is 0 Å². The van der Waals surface area contributed by atoms with Crippen molar-refractivity contribution < 1.29 is 9.59 Å². The highest BCUT2D eigenvalue weighted by Gasteiger charge is 2.27. The van der Waals surface area contributed by atoms with Crippen molar-refractivity contribution in [1.29, 1.82) is 0 Å². The number of pyridine rings is 1. The van der Waals surface area contributed by atoms with Crippen molar-refractivity contribution in [1.82, 2.24) is 19.2 Å². The molecule has 27 heavy (non-hydrogen) atoms. The topological polar surface area (TPSA) is 69.9 Å². The van der Waals surface area contributed by atoms with Crippen molar-refractivity contribution >= 4 is 23.0 Å². The molecule has 0 unspecified atom stereocenters. The fourth-order valence-electron chi connectivity index (χ4n) is 3.22. The zero-order valence-corrected chi connectivity index (χ0v) is 15.1. The van der Waals surface area contributed by atoms with E-state index >= 15 is 0 Å². The summed E-state index contributed by atoms with van der Waals surface area (Å²) in [5.41, 5.74) is 1.55. The van der Waals surface area contributed by atoms with Gasteiger partial charge in [-0.25, -0.2) is 4.98 Å². The van der Waals surface area contributed by atoms with Gasteiger partial charge in [-0.3, -0.25) is 14.0 Å². The van der Waals surface area contributed by atoms with Gasteiger partial charge in [-0.05, 0) is 31.3 Å². The van der Waals surface area contributed by atoms with E-state index in [2.05, 4.69) is 15.2 Å². The first kappa shape index (κ1) is 17.2. The number of nitrogens with zero attached hydrogens (tertiary/aromatic N) is 4. The maximum Gasteiger partial charge on any atom is 0.290 e. The van der Waals surface area contributed by atoms with Crippen LogP contribution in [0.5, 0.6) is 0 Å². The molecule has 0 bridgehead atoms. The molecule has 138 valence electrons. The van der Waals surface area contributed by atoms with Crippen molar-refractivity contribution in [3.8, 4) is 0 Å². The third-order valence-electron chi connectivity index (χ3n) is 4.78. The first-order valence-electron chi connectivity index (χ1n) is 8.95. The van der Waals surface area contributed by atoms with Crippen molar-refractivity contribution in [2.24, 2.45) is 0 Å². The molecule has 1 aliphatic rings. The van der Waals surface area contributed by atoms with E-state index in [1.807, 2.05) is 49.5 Å². The summed E-state index contributed by atoms with van der Waals surface area (Å²) in [5.74, 6) is -0.209. The number of imidazole rings is 1. The van der Waals surface area contributed by atoms with Gasteiger partial charge in [0, 0.05) is 38.1 Å². The normalized spacial score (nSPS) is 15.1. The van der Waals surface area contributed by atoms with E-state index in [0.29, 0.717) is 24.3 Å². The third-order valence-corrected chi connectivity index (χ3v) is 4.78. The summed E-state index contributed by atoms with van der Waals surface area (Å²) in [4.78, 5) is 34.2. The van der Waals surface area contributed by atoms with Crippen LogP contribution in [0.15, 0.2) is 54.7 Å². The second kappa shape index (κ2) is 7.20. The van der Waals surface area contributed by atoms with E-state index in [0.717, 1.165) is 13.1 Å². The van der Waals surface area contributed by atoms with Gasteiger partial charge in [-0.2, -0.15) is 0 Å². The minimum Gasteiger partial charge on any atom is -0.333 e. The Balaban J connectivity index is 1.67. The van der Waals surface area contributed by atoms with E-state index in [4.69, 9.17) is 0 Å². The lowest BCUT2D eigenvalue weighted by molar-refractivity contribution is 0.0651. The number of fused-ring (bicyclic) bond motifs is 1. The number of carbonyl (C=O) groups is 2. The standard InChI is InChI=1S/C20H21N5O2/c1-23-11-13-24(14-12-23)20(27)18-22-17(16-9-5-6-10-25(16)18)19(26)21-15-7-3-2-4-8-15/h2-10H,11-14H2,1H3,(H,21,26). The number of benzene rings is 1. The summed E-state index contributed by atoms with van der Waals surface area (Å²) < 4.78 is 1.69. The molecule has 3 aromatic rings. The number of hydrogen-bond donors (Lipinski definition) is 1. The van der Waals surface area contributed by atoms with Crippen LogP contribution in [0.3, 0.4) is 0 Å². The van der Waals surface area contributed by atoms with Crippen molar-refractivity contribution in [3.05, 3.63) is 66.2 Å². The minimum atomic E-state index is -0.331. The molecule has 0 saturated carbocycles. The zero-order chi connectivity index (χ0) is 18.8. The van der Waals surface area contributed by atoms with Crippen LogP contribution < -0.4 is 5.32 Å². The SMILES string of the molecule is CN1CCN(C(=O)c2nc(C(=O)Nc3ccccc3)c3ccccn23)CC1. The molecule has 7 heteroatoms. The number of nitrogens with one attached hydrogen (secondary N) is 1. The second-order valence-electron chi connectivity index (χ2n) is 6.66. The molecule has 2 aromatic heterocycles. The number of aromatic nitrogens is 2. The largest absolute Gasteiger partial charge is 0.333 e. The molecule has 2 amide bonds. The lowest BCUT2D eigenvalue weighted by atomic mass is 10.3. The van der Waals surface area contributed by atoms with Crippen LogP contribution in [0, 0.1) is 0 Å². The zero-order valence-electron chi connectivity index (χ0n) is 15.1. The number of amides is 2. The van der Waals surface area contributed by atoms with Crippen molar-refractivity contribution in [3.63, 3.8) is 0 Å². The van der Waals surface area contributed by atoms with Crippen LogP contribution in [-0.4, -0.2) is 64.2 Å². The predicted octanol–water partition coefficient (Wildman–Crippen LogP) is 1.97. The number of hydrogen-bond acceptors (Lipinski definition) is 4. The average Bonchev–Trinajstić information content (AvgIpc) is 3.09. The summed E-state index contributed by atoms with van der Waals surface area (Å²) in [6.07, 6.45) is 1.77. The van der Waals surface area contributed by atoms with E-state index < -0.39 is 0 Å². The number of likely N-dealkylation sites (N-methyl/N-ethyl adjacent to an activating group) is 1. The Morgan fingerprint density at radius 3 is 2.41 bits per heavy atom. The lowest BCUT2D eigenvalue weighted by Crippen LogP contribution is -2.47. The molecule has 7 nitrogen and oxygen atoms in total. The molecular formula is C20H21N5O2. The maximum absolute atomic E-state index is 13.0. The molecule has 1 saturated heterocycles. The Morgan fingerprint density at radius 1 is 0.963 bits per heavy atom. The molecule has 0 spiro atoms. The van der Waals surface area contributed by atoms with E-state index in [9.17, 15) is 9.59 Å². The summed E-state index contributed by atoms with van der Waals surface area (Å²) >= 11 is 0. The fraction of sp³-hybridized carbons (Fsp3) is 0.250. The van der Waals surface area contributed by atoms with Crippen LogP contribution >= 0.6 is 0 Å². The van der Waals surface area contributed by atoms with E-state index in [1.165, 1.54) is 0 Å². The van der Waals surface area contributed by atoms with Crippen LogP contribution in [-0.2, 0) is 0 Å². The number of rotatable bonds is 3. The first-order valence-corrected chi connectivity index (χ1v) is 8.95. The minimum absolute atomic E-state index is 0.150. The number of piperazine rings is 1. The van der Waals surface area contributed by atoms with Crippen LogP contribution in [0.25, 0.3) is 5.52 Å². The quantitative estimate of drug-likeness (QED) is 0.772. The van der Waals surface area contributed by atoms with Crippen LogP contribution in [0.1, 0.15) is 21.1 Å². The highest BCUT2D eigenvalue weighted by Crippen LogP contribution is 2.17. The van der Waals surface area contributed by atoms with Gasteiger partial charge in [0.15, 0.2) is 5.69 Å². The average molecular weight is 363 g/mol. The highest BCUT2D eigenvalue weighted by molar-refractivity contribution is 6.08. The Hall–Kier alpha value is -3.19. The van der Waals surface area contributed by atoms with E-state index in [-0.39, 0.29) is 23.3 Å². The Kier molecular flexibility index (Phi) is 4.60. The Labute approximate surface area is 157 Å². The molecule has 1 aliphatic heterocycles. The molecule has 1 aromatic carbocycles. The van der Waals surface area contributed by atoms with Gasteiger partial charge in [0.2, 0.25) is 5.82 Å². The summed E-state index contributed by atoms with van der Waals surface area (Å²) in [6, 6.07) is 14.7. The molecule has 1 N–H and O–H groups in total. The lowest BCUT2D eigenvalue weighted by Gasteiger charge is -2.31. The number of carbonyl (C=O) groups excluding carboxylic acids is 2. The van der Waals surface area contributed by atoms with Gasteiger partial charge in [0.25, 0.3) is 11.8 Å². The highest BCUT2D eigenvalue weighted by atomic mass is 16.2. The summed E-state index contributed by atoms with van der Waals surface area (Å²) in [6.45, 7) is 2.97. The number of para-hydroxylation sites is 1. The molecule has 4 rings (SSSR count). The molecule has 1 fully saturated rings. The first-order chi connectivity index (χ1) is 13.1. The van der Waals surface area contributed by atoms with Crippen molar-refractivity contribution in [2.45, 2.75) is 0 Å². The third kappa shape index (κ3) is 3.41. The smallest absolute Gasteiger partial charge is 0.290 e. The van der Waals surface area contributed by atoms with Crippen LogP contribution in [0.4, 0.5) is 5.69 Å². The fourth-order valence-corrected chi connectivity index (χ4v) is 3.22. The van der Waals surface area contributed by atoms with Crippen molar-refractivity contribution in [2.75, 3.05) is 38.5 Å². The van der Waals surface area contributed by atoms with Gasteiger partial charge in [-0.1, -0.05) is 24.3 Å². The van der Waals surface area contributed by atoms with Gasteiger partial charge < -0.3 is 15.1 Å². The molecule has 0 radical (unpaired) electrons. The molecule has 3 heterocycles. The van der Waals surface area contributed by atoms with Gasteiger partial charge >= 0.3 is 0 Å². The molecular weight excluding hydrogens is 342 g/mol. The van der Waals surface area contributed by atoms with E-state index in [1.54, 1.807) is 21.6 Å². The second-order valence-corrected chi connectivity index (χ2v) is 6.66. The molecule has 0 aliphatic carbocycles.